The van der Waals surface area contributed by atoms with Gasteiger partial charge in [0.05, 0.1) is 5.56 Å². The molecule has 3 N–H and O–H groups in total. The Hall–Kier alpha value is -1.75. The highest BCUT2D eigenvalue weighted by Crippen LogP contribution is 2.23. The Morgan fingerprint density at radius 3 is 2.56 bits per heavy atom. The predicted octanol–water partition coefficient (Wildman–Crippen LogP) is 1.33. The molecular formula is C13H19NO4. The number of phenolic OH excluding ortho intramolecular Hbond substituents is 2. The van der Waals surface area contributed by atoms with Gasteiger partial charge in [-0.3, -0.25) is 4.79 Å². The monoisotopic (exact) mass is 253 g/mol. The van der Waals surface area contributed by atoms with E-state index >= 15 is 0 Å². The number of carbonyl (C=O) groups is 1. The minimum atomic E-state index is -0.281. The average molecular weight is 253 g/mol. The number of nitrogens with zero attached hydrogens (tertiary/aromatic N) is 1. The molecule has 0 saturated heterocycles. The van der Waals surface area contributed by atoms with Crippen LogP contribution in [0.1, 0.15) is 29.6 Å². The van der Waals surface area contributed by atoms with Gasteiger partial charge < -0.3 is 20.2 Å². The molecule has 0 saturated carbocycles. The third-order valence-electron chi connectivity index (χ3n) is 2.71. The number of aliphatic hydroxyl groups is 1. The van der Waals surface area contributed by atoms with Crippen LogP contribution >= 0.6 is 0 Å². The van der Waals surface area contributed by atoms with Crippen LogP contribution in [0.5, 0.6) is 11.5 Å². The zero-order chi connectivity index (χ0) is 13.5. The highest BCUT2D eigenvalue weighted by atomic mass is 16.3. The van der Waals surface area contributed by atoms with Gasteiger partial charge in [0, 0.05) is 26.3 Å². The van der Waals surface area contributed by atoms with E-state index < -0.39 is 0 Å². The van der Waals surface area contributed by atoms with Gasteiger partial charge in [-0.25, -0.2) is 0 Å². The number of unbranched alkanes of at least 4 members (excludes halogenated alkanes) is 2. The first-order valence-corrected chi connectivity index (χ1v) is 5.94. The number of aliphatic hydroxyl groups excluding tert-OH is 1. The molecule has 1 amide bonds. The fraction of sp³-hybridized carbons (Fsp3) is 0.462. The summed E-state index contributed by atoms with van der Waals surface area (Å²) >= 11 is 0. The second kappa shape index (κ2) is 6.86. The molecule has 0 heterocycles. The van der Waals surface area contributed by atoms with E-state index in [2.05, 4.69) is 0 Å². The van der Waals surface area contributed by atoms with Crippen molar-refractivity contribution in [3.63, 3.8) is 0 Å². The molecule has 1 rings (SSSR count). The van der Waals surface area contributed by atoms with Crippen molar-refractivity contribution in [1.29, 1.82) is 0 Å². The summed E-state index contributed by atoms with van der Waals surface area (Å²) in [6.07, 6.45) is 2.39. The van der Waals surface area contributed by atoms with E-state index in [-0.39, 0.29) is 29.6 Å². The maximum absolute atomic E-state index is 12.0. The van der Waals surface area contributed by atoms with Crippen LogP contribution in [-0.2, 0) is 0 Å². The molecule has 0 aromatic heterocycles. The number of rotatable bonds is 6. The topological polar surface area (TPSA) is 81.0 Å². The van der Waals surface area contributed by atoms with E-state index in [0.717, 1.165) is 25.3 Å². The molecule has 1 aromatic rings. The molecule has 0 radical (unpaired) electrons. The predicted molar refractivity (Wildman–Crippen MR) is 67.7 cm³/mol. The summed E-state index contributed by atoms with van der Waals surface area (Å²) in [6, 6.07) is 3.91. The largest absolute Gasteiger partial charge is 0.508 e. The van der Waals surface area contributed by atoms with Crippen molar-refractivity contribution in [3.05, 3.63) is 23.8 Å². The van der Waals surface area contributed by atoms with E-state index in [9.17, 15) is 9.90 Å². The van der Waals surface area contributed by atoms with Crippen molar-refractivity contribution in [2.45, 2.75) is 19.3 Å². The highest BCUT2D eigenvalue weighted by molar-refractivity contribution is 5.96. The lowest BCUT2D eigenvalue weighted by Crippen LogP contribution is -2.27. The van der Waals surface area contributed by atoms with Crippen LogP contribution in [0.2, 0.25) is 0 Å². The third-order valence-corrected chi connectivity index (χ3v) is 2.71. The van der Waals surface area contributed by atoms with Crippen molar-refractivity contribution in [3.8, 4) is 11.5 Å². The van der Waals surface area contributed by atoms with Crippen molar-refractivity contribution in [2.24, 2.45) is 0 Å². The van der Waals surface area contributed by atoms with Gasteiger partial charge in [-0.15, -0.1) is 0 Å². The van der Waals surface area contributed by atoms with Crippen LogP contribution in [0.3, 0.4) is 0 Å². The Labute approximate surface area is 106 Å². The van der Waals surface area contributed by atoms with Crippen molar-refractivity contribution in [2.75, 3.05) is 20.2 Å². The SMILES string of the molecule is CN(CCCCCO)C(=O)c1ccc(O)cc1O. The number of amides is 1. The van der Waals surface area contributed by atoms with E-state index in [1.165, 1.54) is 17.0 Å². The van der Waals surface area contributed by atoms with Gasteiger partial charge in [-0.1, -0.05) is 0 Å². The number of phenols is 2. The summed E-state index contributed by atoms with van der Waals surface area (Å²) in [5.41, 5.74) is 0.178. The zero-order valence-corrected chi connectivity index (χ0v) is 10.5. The molecule has 1 aromatic carbocycles. The van der Waals surface area contributed by atoms with Gasteiger partial charge in [-0.05, 0) is 31.4 Å². The Balaban J connectivity index is 2.57. The van der Waals surface area contributed by atoms with Crippen molar-refractivity contribution in [1.82, 2.24) is 4.90 Å². The molecule has 5 nitrogen and oxygen atoms in total. The Morgan fingerprint density at radius 2 is 1.94 bits per heavy atom. The summed E-state index contributed by atoms with van der Waals surface area (Å²) in [4.78, 5) is 13.5. The smallest absolute Gasteiger partial charge is 0.257 e. The molecule has 0 bridgehead atoms. The normalized spacial score (nSPS) is 10.3. The lowest BCUT2D eigenvalue weighted by atomic mass is 10.1. The summed E-state index contributed by atoms with van der Waals surface area (Å²) in [5, 5.41) is 27.4. The van der Waals surface area contributed by atoms with Crippen LogP contribution in [0.4, 0.5) is 0 Å². The minimum Gasteiger partial charge on any atom is -0.508 e. The molecule has 0 atom stereocenters. The standard InChI is InChI=1S/C13H19NO4/c1-14(7-3-2-4-8-15)13(18)11-6-5-10(16)9-12(11)17/h5-6,9,15-17H,2-4,7-8H2,1H3. The molecule has 0 fully saturated rings. The Bertz CT molecular complexity index is 406. The molecule has 0 aliphatic rings. The van der Waals surface area contributed by atoms with Crippen LogP contribution in [-0.4, -0.2) is 46.3 Å². The van der Waals surface area contributed by atoms with E-state index in [4.69, 9.17) is 10.2 Å². The molecule has 0 unspecified atom stereocenters. The van der Waals surface area contributed by atoms with Gasteiger partial charge in [-0.2, -0.15) is 0 Å². The second-order valence-electron chi connectivity index (χ2n) is 4.21. The molecule has 18 heavy (non-hydrogen) atoms. The Kier molecular flexibility index (Phi) is 5.45. The number of hydrogen-bond donors (Lipinski definition) is 3. The average Bonchev–Trinajstić information content (AvgIpc) is 2.33. The van der Waals surface area contributed by atoms with Gasteiger partial charge in [0.25, 0.3) is 5.91 Å². The van der Waals surface area contributed by atoms with Gasteiger partial charge >= 0.3 is 0 Å². The number of aromatic hydroxyl groups is 2. The van der Waals surface area contributed by atoms with Crippen LogP contribution in [0, 0.1) is 0 Å². The van der Waals surface area contributed by atoms with E-state index in [0.29, 0.717) is 6.54 Å². The lowest BCUT2D eigenvalue weighted by molar-refractivity contribution is 0.0789. The van der Waals surface area contributed by atoms with Gasteiger partial charge in [0.1, 0.15) is 11.5 Å². The second-order valence-corrected chi connectivity index (χ2v) is 4.21. The third kappa shape index (κ3) is 3.92. The first-order valence-electron chi connectivity index (χ1n) is 5.94. The van der Waals surface area contributed by atoms with Gasteiger partial charge in [0.2, 0.25) is 0 Å². The first kappa shape index (κ1) is 14.3. The van der Waals surface area contributed by atoms with Crippen LogP contribution in [0.25, 0.3) is 0 Å². The molecule has 0 aliphatic heterocycles. The number of carbonyl (C=O) groups excluding carboxylic acids is 1. The van der Waals surface area contributed by atoms with Crippen LogP contribution in [0.15, 0.2) is 18.2 Å². The first-order chi connectivity index (χ1) is 8.56. The molecule has 0 spiro atoms. The number of hydrogen-bond acceptors (Lipinski definition) is 4. The summed E-state index contributed by atoms with van der Waals surface area (Å²) < 4.78 is 0. The molecule has 5 heteroatoms. The van der Waals surface area contributed by atoms with Crippen LogP contribution < -0.4 is 0 Å². The zero-order valence-electron chi connectivity index (χ0n) is 10.5. The summed E-state index contributed by atoms with van der Waals surface area (Å²) in [5.74, 6) is -0.576. The van der Waals surface area contributed by atoms with Gasteiger partial charge in [0.15, 0.2) is 0 Å². The minimum absolute atomic E-state index is 0.0744. The lowest BCUT2D eigenvalue weighted by Gasteiger charge is -2.17. The van der Waals surface area contributed by atoms with E-state index in [1.807, 2.05) is 0 Å². The fourth-order valence-corrected chi connectivity index (χ4v) is 1.65. The van der Waals surface area contributed by atoms with Crippen molar-refractivity contribution < 1.29 is 20.1 Å². The highest BCUT2D eigenvalue weighted by Gasteiger charge is 2.15. The van der Waals surface area contributed by atoms with Crippen molar-refractivity contribution >= 4 is 5.91 Å². The maximum atomic E-state index is 12.0. The molecular weight excluding hydrogens is 234 g/mol. The van der Waals surface area contributed by atoms with E-state index in [1.54, 1.807) is 7.05 Å². The summed E-state index contributed by atoms with van der Waals surface area (Å²) in [6.45, 7) is 0.732. The molecule has 0 aliphatic carbocycles. The quantitative estimate of drug-likeness (QED) is 0.668. The maximum Gasteiger partial charge on any atom is 0.257 e. The Morgan fingerprint density at radius 1 is 1.22 bits per heavy atom. The summed E-state index contributed by atoms with van der Waals surface area (Å²) in [7, 11) is 1.66. The molecule has 100 valence electrons. The fourth-order valence-electron chi connectivity index (χ4n) is 1.65. The number of benzene rings is 1.